The summed E-state index contributed by atoms with van der Waals surface area (Å²) in [6, 6.07) is 9.07. The number of H-pyrrole nitrogens is 1. The minimum absolute atomic E-state index is 0.118. The maximum absolute atomic E-state index is 12.1. The van der Waals surface area contributed by atoms with E-state index in [2.05, 4.69) is 25.9 Å². The number of carbonyl (C=O) groups is 1. The highest BCUT2D eigenvalue weighted by atomic mass is 16.2. The number of benzene rings is 1. The molecule has 0 saturated heterocycles. The van der Waals surface area contributed by atoms with Gasteiger partial charge < -0.3 is 10.6 Å². The summed E-state index contributed by atoms with van der Waals surface area (Å²) in [5.74, 6) is 0. The maximum atomic E-state index is 12.1. The molecule has 0 fully saturated rings. The number of aromatic nitrogens is 4. The van der Waals surface area contributed by atoms with Crippen LogP contribution in [0.4, 0.5) is 10.5 Å². The van der Waals surface area contributed by atoms with Gasteiger partial charge in [0.05, 0.1) is 17.9 Å². The number of hydrogen-bond acceptors (Lipinski definition) is 3. The highest BCUT2D eigenvalue weighted by Gasteiger charge is 2.11. The third kappa shape index (κ3) is 3.57. The molecule has 3 rings (SSSR count). The largest absolute Gasteiger partial charge is 0.331 e. The quantitative estimate of drug-likeness (QED) is 0.692. The average molecular weight is 310 g/mol. The van der Waals surface area contributed by atoms with Gasteiger partial charge in [0.1, 0.15) is 0 Å². The van der Waals surface area contributed by atoms with Gasteiger partial charge in [-0.1, -0.05) is 12.1 Å². The standard InChI is InChI=1S/C16H18N6O/c1-11(13-9-18-22(2)10-13)19-16(23)20-14-5-3-12(4-6-14)15-7-8-17-21-15/h3-11H,1-2H3,(H,17,21)(H2,19,20,23)/t11-/m0/s1. The second-order valence-corrected chi connectivity index (χ2v) is 5.32. The Balaban J connectivity index is 1.59. The number of amides is 2. The van der Waals surface area contributed by atoms with Crippen molar-refractivity contribution in [1.29, 1.82) is 0 Å². The molecule has 1 aromatic carbocycles. The summed E-state index contributed by atoms with van der Waals surface area (Å²) >= 11 is 0. The predicted octanol–water partition coefficient (Wildman–Crippen LogP) is 2.69. The Morgan fingerprint density at radius 1 is 1.26 bits per heavy atom. The van der Waals surface area contributed by atoms with E-state index in [9.17, 15) is 4.79 Å². The van der Waals surface area contributed by atoms with Gasteiger partial charge in [-0.25, -0.2) is 4.79 Å². The first-order valence-electron chi connectivity index (χ1n) is 7.27. The highest BCUT2D eigenvalue weighted by molar-refractivity contribution is 5.89. The van der Waals surface area contributed by atoms with Gasteiger partial charge in [-0.2, -0.15) is 10.2 Å². The molecule has 0 bridgehead atoms. The molecule has 3 N–H and O–H groups in total. The third-order valence-corrected chi connectivity index (χ3v) is 3.53. The lowest BCUT2D eigenvalue weighted by Crippen LogP contribution is -2.30. The normalized spacial score (nSPS) is 11.9. The van der Waals surface area contributed by atoms with Gasteiger partial charge in [0.15, 0.2) is 0 Å². The zero-order chi connectivity index (χ0) is 16.2. The van der Waals surface area contributed by atoms with Crippen molar-refractivity contribution >= 4 is 11.7 Å². The van der Waals surface area contributed by atoms with Crippen molar-refractivity contribution in [3.8, 4) is 11.3 Å². The number of anilines is 1. The summed E-state index contributed by atoms with van der Waals surface area (Å²) in [5.41, 5.74) is 3.63. The smallest absolute Gasteiger partial charge is 0.319 e. The van der Waals surface area contributed by atoms with Crippen molar-refractivity contribution in [3.05, 3.63) is 54.5 Å². The molecule has 0 unspecified atom stereocenters. The maximum Gasteiger partial charge on any atom is 0.319 e. The Hall–Kier alpha value is -3.09. The molecule has 0 radical (unpaired) electrons. The van der Waals surface area contributed by atoms with E-state index in [0.29, 0.717) is 0 Å². The molecule has 1 atom stereocenters. The Bertz CT molecular complexity index is 775. The van der Waals surface area contributed by atoms with E-state index in [0.717, 1.165) is 22.5 Å². The highest BCUT2D eigenvalue weighted by Crippen LogP contribution is 2.19. The molecular formula is C16H18N6O. The van der Waals surface area contributed by atoms with Crippen LogP contribution in [0.2, 0.25) is 0 Å². The number of rotatable bonds is 4. The van der Waals surface area contributed by atoms with Gasteiger partial charge in [-0.3, -0.25) is 9.78 Å². The van der Waals surface area contributed by atoms with E-state index in [-0.39, 0.29) is 12.1 Å². The van der Waals surface area contributed by atoms with E-state index in [1.54, 1.807) is 17.1 Å². The van der Waals surface area contributed by atoms with E-state index < -0.39 is 0 Å². The van der Waals surface area contributed by atoms with Crippen LogP contribution in [-0.4, -0.2) is 26.0 Å². The summed E-state index contributed by atoms with van der Waals surface area (Å²) in [4.78, 5) is 12.1. The molecule has 7 heteroatoms. The molecule has 2 amide bonds. The summed E-state index contributed by atoms with van der Waals surface area (Å²) in [7, 11) is 1.84. The SMILES string of the molecule is C[C@H](NC(=O)Nc1ccc(-c2ccn[nH]2)cc1)c1cnn(C)c1. The Morgan fingerprint density at radius 3 is 2.65 bits per heavy atom. The molecule has 0 saturated carbocycles. The van der Waals surface area contributed by atoms with Crippen molar-refractivity contribution in [2.75, 3.05) is 5.32 Å². The molecule has 118 valence electrons. The average Bonchev–Trinajstić information content (AvgIpc) is 3.19. The van der Waals surface area contributed by atoms with E-state index in [1.165, 1.54) is 0 Å². The van der Waals surface area contributed by atoms with Crippen molar-refractivity contribution in [2.45, 2.75) is 13.0 Å². The molecule has 0 aliphatic rings. The minimum Gasteiger partial charge on any atom is -0.331 e. The number of nitrogens with one attached hydrogen (secondary N) is 3. The van der Waals surface area contributed by atoms with Crippen LogP contribution in [-0.2, 0) is 7.05 Å². The first-order valence-corrected chi connectivity index (χ1v) is 7.27. The van der Waals surface area contributed by atoms with Crippen LogP contribution >= 0.6 is 0 Å². The Kier molecular flexibility index (Phi) is 4.09. The Labute approximate surface area is 133 Å². The molecule has 0 spiro atoms. The number of nitrogens with zero attached hydrogens (tertiary/aromatic N) is 3. The monoisotopic (exact) mass is 310 g/mol. The molecule has 2 aromatic heterocycles. The number of aromatic amines is 1. The van der Waals surface area contributed by atoms with Crippen LogP contribution in [0.1, 0.15) is 18.5 Å². The van der Waals surface area contributed by atoms with Crippen molar-refractivity contribution in [1.82, 2.24) is 25.3 Å². The zero-order valence-corrected chi connectivity index (χ0v) is 12.9. The van der Waals surface area contributed by atoms with Crippen LogP contribution < -0.4 is 10.6 Å². The minimum atomic E-state index is -0.254. The van der Waals surface area contributed by atoms with Gasteiger partial charge in [0, 0.05) is 30.7 Å². The summed E-state index contributed by atoms with van der Waals surface area (Å²) < 4.78 is 1.71. The number of urea groups is 1. The predicted molar refractivity (Wildman–Crippen MR) is 87.8 cm³/mol. The van der Waals surface area contributed by atoms with Gasteiger partial charge >= 0.3 is 6.03 Å². The topological polar surface area (TPSA) is 87.6 Å². The van der Waals surface area contributed by atoms with Crippen LogP contribution in [0.3, 0.4) is 0 Å². The van der Waals surface area contributed by atoms with Crippen LogP contribution in [0.15, 0.2) is 48.9 Å². The van der Waals surface area contributed by atoms with Gasteiger partial charge in [-0.15, -0.1) is 0 Å². The van der Waals surface area contributed by atoms with E-state index in [4.69, 9.17) is 0 Å². The summed E-state index contributed by atoms with van der Waals surface area (Å²) in [5, 5.41) is 16.6. The molecule has 7 nitrogen and oxygen atoms in total. The van der Waals surface area contributed by atoms with Crippen LogP contribution in [0, 0.1) is 0 Å². The van der Waals surface area contributed by atoms with E-state index >= 15 is 0 Å². The van der Waals surface area contributed by atoms with Gasteiger partial charge in [0.25, 0.3) is 0 Å². The van der Waals surface area contributed by atoms with Crippen molar-refractivity contribution < 1.29 is 4.79 Å². The fourth-order valence-corrected chi connectivity index (χ4v) is 2.26. The van der Waals surface area contributed by atoms with Gasteiger partial charge in [-0.05, 0) is 30.7 Å². The summed E-state index contributed by atoms with van der Waals surface area (Å²) in [6.45, 7) is 1.91. The number of carbonyl (C=O) groups excluding carboxylic acids is 1. The molecule has 0 aliphatic carbocycles. The lowest BCUT2D eigenvalue weighted by Gasteiger charge is -2.13. The lowest BCUT2D eigenvalue weighted by molar-refractivity contribution is 0.249. The Morgan fingerprint density at radius 2 is 2.04 bits per heavy atom. The van der Waals surface area contributed by atoms with Crippen molar-refractivity contribution in [3.63, 3.8) is 0 Å². The van der Waals surface area contributed by atoms with Crippen molar-refractivity contribution in [2.24, 2.45) is 7.05 Å². The van der Waals surface area contributed by atoms with E-state index in [1.807, 2.05) is 50.5 Å². The molecule has 2 heterocycles. The molecule has 23 heavy (non-hydrogen) atoms. The zero-order valence-electron chi connectivity index (χ0n) is 12.9. The van der Waals surface area contributed by atoms with Crippen LogP contribution in [0.5, 0.6) is 0 Å². The third-order valence-electron chi connectivity index (χ3n) is 3.53. The van der Waals surface area contributed by atoms with Crippen LogP contribution in [0.25, 0.3) is 11.3 Å². The molecule has 3 aromatic rings. The number of hydrogen-bond donors (Lipinski definition) is 3. The molecular weight excluding hydrogens is 292 g/mol. The molecule has 0 aliphatic heterocycles. The second kappa shape index (κ2) is 6.35. The lowest BCUT2D eigenvalue weighted by atomic mass is 10.1. The fraction of sp³-hybridized carbons (Fsp3) is 0.188. The number of aryl methyl sites for hydroxylation is 1. The van der Waals surface area contributed by atoms with Gasteiger partial charge in [0.2, 0.25) is 0 Å². The fourth-order valence-electron chi connectivity index (χ4n) is 2.26. The first-order chi connectivity index (χ1) is 11.1. The first kappa shape index (κ1) is 14.8. The second-order valence-electron chi connectivity index (χ2n) is 5.32. The summed E-state index contributed by atoms with van der Waals surface area (Å²) in [6.07, 6.45) is 5.32.